The van der Waals surface area contributed by atoms with Crippen molar-refractivity contribution in [2.75, 3.05) is 13.1 Å². The number of aryl methyl sites for hydroxylation is 1. The molecule has 0 spiro atoms. The fourth-order valence-corrected chi connectivity index (χ4v) is 3.94. The minimum Gasteiger partial charge on any atom is -0.361 e. The molecule has 2 N–H and O–H groups in total. The van der Waals surface area contributed by atoms with E-state index in [-0.39, 0.29) is 5.91 Å². The van der Waals surface area contributed by atoms with Crippen LogP contribution >= 0.6 is 0 Å². The number of hydrogen-bond donors (Lipinski definition) is 2. The Bertz CT molecular complexity index is 879. The highest BCUT2D eigenvalue weighted by molar-refractivity contribution is 5.83. The monoisotopic (exact) mass is 361 g/mol. The molecule has 0 unspecified atom stereocenters. The number of amides is 1. The van der Waals surface area contributed by atoms with Crippen molar-refractivity contribution in [2.45, 2.75) is 38.3 Å². The van der Waals surface area contributed by atoms with Crippen LogP contribution in [0.15, 0.2) is 60.8 Å². The molecule has 0 saturated carbocycles. The Morgan fingerprint density at radius 1 is 1.04 bits per heavy atom. The van der Waals surface area contributed by atoms with Gasteiger partial charge in [0.05, 0.1) is 0 Å². The number of likely N-dealkylation sites (tertiary alicyclic amines) is 1. The molecular formula is C23H27N3O. The molecule has 1 aliphatic rings. The summed E-state index contributed by atoms with van der Waals surface area (Å²) in [4.78, 5) is 18.1. The van der Waals surface area contributed by atoms with Crippen LogP contribution in [0.4, 0.5) is 0 Å². The summed E-state index contributed by atoms with van der Waals surface area (Å²) in [5, 5.41) is 4.54. The van der Waals surface area contributed by atoms with Gasteiger partial charge in [-0.1, -0.05) is 48.5 Å². The van der Waals surface area contributed by atoms with Gasteiger partial charge in [0.15, 0.2) is 0 Å². The first kappa shape index (κ1) is 17.8. The second-order valence-corrected chi connectivity index (χ2v) is 7.46. The third kappa shape index (κ3) is 4.58. The van der Waals surface area contributed by atoms with Crippen LogP contribution in [0.3, 0.4) is 0 Å². The summed E-state index contributed by atoms with van der Waals surface area (Å²) in [5.74, 6) is 0.175. The van der Waals surface area contributed by atoms with Gasteiger partial charge in [-0.15, -0.1) is 0 Å². The van der Waals surface area contributed by atoms with E-state index in [1.165, 1.54) is 22.0 Å². The lowest BCUT2D eigenvalue weighted by Crippen LogP contribution is -2.44. The molecule has 1 aliphatic heterocycles. The minimum absolute atomic E-state index is 0.175. The van der Waals surface area contributed by atoms with Gasteiger partial charge in [-0.25, -0.2) is 0 Å². The molecule has 0 bridgehead atoms. The maximum atomic E-state index is 12.2. The Labute approximate surface area is 160 Å². The highest BCUT2D eigenvalue weighted by Crippen LogP contribution is 2.21. The van der Waals surface area contributed by atoms with Crippen LogP contribution in [0.1, 0.15) is 30.4 Å². The molecule has 27 heavy (non-hydrogen) atoms. The van der Waals surface area contributed by atoms with E-state index in [1.807, 2.05) is 18.2 Å². The van der Waals surface area contributed by atoms with Crippen LogP contribution in [0.2, 0.25) is 0 Å². The van der Waals surface area contributed by atoms with Crippen LogP contribution < -0.4 is 5.32 Å². The topological polar surface area (TPSA) is 48.1 Å². The lowest BCUT2D eigenvalue weighted by Gasteiger charge is -2.32. The fourth-order valence-electron chi connectivity index (χ4n) is 3.94. The molecule has 0 radical (unpaired) electrons. The molecule has 1 fully saturated rings. The summed E-state index contributed by atoms with van der Waals surface area (Å²) < 4.78 is 0. The quantitative estimate of drug-likeness (QED) is 0.700. The predicted octanol–water partition coefficient (Wildman–Crippen LogP) is 3.88. The average molecular weight is 361 g/mol. The standard InChI is InChI=1S/C23H27N3O/c27-23(11-10-18-6-2-1-3-7-18)25-20-12-14-26(15-13-20)17-19-16-24-22-9-5-4-8-21(19)22/h1-9,16,20,24H,10-15,17H2,(H,25,27). The second kappa shape index (κ2) is 8.40. The SMILES string of the molecule is O=C(CCc1ccccc1)NC1CCN(Cc2c[nH]c3ccccc23)CC1. The number of nitrogens with one attached hydrogen (secondary N) is 2. The maximum Gasteiger partial charge on any atom is 0.220 e. The Balaban J connectivity index is 1.22. The molecular weight excluding hydrogens is 334 g/mol. The van der Waals surface area contributed by atoms with Gasteiger partial charge in [0.1, 0.15) is 0 Å². The van der Waals surface area contributed by atoms with Crippen LogP contribution in [-0.2, 0) is 17.8 Å². The van der Waals surface area contributed by atoms with Gasteiger partial charge in [-0.3, -0.25) is 9.69 Å². The number of piperidine rings is 1. The van der Waals surface area contributed by atoms with E-state index < -0.39 is 0 Å². The first-order chi connectivity index (χ1) is 13.3. The molecule has 1 amide bonds. The van der Waals surface area contributed by atoms with Crippen LogP contribution in [0.25, 0.3) is 10.9 Å². The number of nitrogens with zero attached hydrogens (tertiary/aromatic N) is 1. The largest absolute Gasteiger partial charge is 0.361 e. The van der Waals surface area contributed by atoms with Gasteiger partial charge in [-0.2, -0.15) is 0 Å². The molecule has 0 aliphatic carbocycles. The molecule has 3 aromatic rings. The van der Waals surface area contributed by atoms with Crippen molar-refractivity contribution in [3.63, 3.8) is 0 Å². The van der Waals surface area contributed by atoms with E-state index in [2.05, 4.69) is 57.8 Å². The Kier molecular flexibility index (Phi) is 5.54. The van der Waals surface area contributed by atoms with Gasteiger partial charge < -0.3 is 10.3 Å². The highest BCUT2D eigenvalue weighted by atomic mass is 16.1. The average Bonchev–Trinajstić information content (AvgIpc) is 3.12. The Morgan fingerprint density at radius 2 is 1.78 bits per heavy atom. The number of fused-ring (bicyclic) bond motifs is 1. The number of carbonyl (C=O) groups excluding carboxylic acids is 1. The summed E-state index contributed by atoms with van der Waals surface area (Å²) in [6.07, 6.45) is 5.56. The summed E-state index contributed by atoms with van der Waals surface area (Å²) in [7, 11) is 0. The lowest BCUT2D eigenvalue weighted by atomic mass is 10.0. The first-order valence-corrected chi connectivity index (χ1v) is 9.88. The molecule has 140 valence electrons. The summed E-state index contributed by atoms with van der Waals surface area (Å²) in [6.45, 7) is 3.03. The zero-order valence-electron chi connectivity index (χ0n) is 15.7. The second-order valence-electron chi connectivity index (χ2n) is 7.46. The molecule has 2 aromatic carbocycles. The number of carbonyl (C=O) groups is 1. The van der Waals surface area contributed by atoms with Crippen molar-refractivity contribution in [1.29, 1.82) is 0 Å². The van der Waals surface area contributed by atoms with E-state index in [4.69, 9.17) is 0 Å². The highest BCUT2D eigenvalue weighted by Gasteiger charge is 2.21. The normalized spacial score (nSPS) is 15.9. The molecule has 4 rings (SSSR count). The lowest BCUT2D eigenvalue weighted by molar-refractivity contribution is -0.122. The number of aromatic nitrogens is 1. The van der Waals surface area contributed by atoms with Gasteiger partial charge in [0.2, 0.25) is 5.91 Å². The van der Waals surface area contributed by atoms with Crippen LogP contribution in [0, 0.1) is 0 Å². The number of aromatic amines is 1. The molecule has 4 nitrogen and oxygen atoms in total. The number of hydrogen-bond acceptors (Lipinski definition) is 2. The van der Waals surface area contributed by atoms with Crippen molar-refractivity contribution in [3.8, 4) is 0 Å². The van der Waals surface area contributed by atoms with E-state index in [0.29, 0.717) is 12.5 Å². The Morgan fingerprint density at radius 3 is 2.59 bits per heavy atom. The third-order valence-corrected chi connectivity index (χ3v) is 5.51. The van der Waals surface area contributed by atoms with E-state index in [9.17, 15) is 4.79 Å². The van der Waals surface area contributed by atoms with Gasteiger partial charge in [0.25, 0.3) is 0 Å². The number of para-hydroxylation sites is 1. The van der Waals surface area contributed by atoms with Gasteiger partial charge in [-0.05, 0) is 36.5 Å². The van der Waals surface area contributed by atoms with E-state index >= 15 is 0 Å². The van der Waals surface area contributed by atoms with Crippen LogP contribution in [0.5, 0.6) is 0 Å². The van der Waals surface area contributed by atoms with Crippen molar-refractivity contribution in [1.82, 2.24) is 15.2 Å². The molecule has 1 saturated heterocycles. The van der Waals surface area contributed by atoms with Crippen molar-refractivity contribution in [3.05, 3.63) is 71.9 Å². The summed E-state index contributed by atoms with van der Waals surface area (Å²) in [6, 6.07) is 19.0. The summed E-state index contributed by atoms with van der Waals surface area (Å²) >= 11 is 0. The number of rotatable bonds is 6. The van der Waals surface area contributed by atoms with E-state index in [0.717, 1.165) is 38.9 Å². The minimum atomic E-state index is 0.175. The zero-order valence-corrected chi connectivity index (χ0v) is 15.7. The number of H-pyrrole nitrogens is 1. The molecule has 4 heteroatoms. The molecule has 1 aromatic heterocycles. The molecule has 2 heterocycles. The van der Waals surface area contributed by atoms with Crippen LogP contribution in [-0.4, -0.2) is 34.9 Å². The predicted molar refractivity (Wildman–Crippen MR) is 110 cm³/mol. The van der Waals surface area contributed by atoms with E-state index in [1.54, 1.807) is 0 Å². The number of benzene rings is 2. The van der Waals surface area contributed by atoms with Crippen molar-refractivity contribution < 1.29 is 4.79 Å². The third-order valence-electron chi connectivity index (χ3n) is 5.51. The molecule has 0 atom stereocenters. The summed E-state index contributed by atoms with van der Waals surface area (Å²) in [5.41, 5.74) is 3.78. The maximum absolute atomic E-state index is 12.2. The smallest absolute Gasteiger partial charge is 0.220 e. The first-order valence-electron chi connectivity index (χ1n) is 9.88. The van der Waals surface area contributed by atoms with Crippen molar-refractivity contribution >= 4 is 16.8 Å². The Hall–Kier alpha value is -2.59. The van der Waals surface area contributed by atoms with Gasteiger partial charge >= 0.3 is 0 Å². The van der Waals surface area contributed by atoms with Crippen molar-refractivity contribution in [2.24, 2.45) is 0 Å². The fraction of sp³-hybridized carbons (Fsp3) is 0.348. The zero-order chi connectivity index (χ0) is 18.5. The van der Waals surface area contributed by atoms with Gasteiger partial charge in [0, 0.05) is 49.2 Å².